The largest absolute Gasteiger partial charge is 0.393 e. The Labute approximate surface area is 91.3 Å². The second-order valence-electron chi connectivity index (χ2n) is 4.78. The van der Waals surface area contributed by atoms with Crippen molar-refractivity contribution in [2.75, 3.05) is 0 Å². The van der Waals surface area contributed by atoms with E-state index in [0.717, 1.165) is 25.1 Å². The first-order valence-corrected chi connectivity index (χ1v) is 5.54. The molecule has 1 aromatic rings. The van der Waals surface area contributed by atoms with Gasteiger partial charge in [-0.15, -0.1) is 5.10 Å². The Morgan fingerprint density at radius 1 is 1.53 bits per heavy atom. The highest BCUT2D eigenvalue weighted by molar-refractivity contribution is 5.10. The van der Waals surface area contributed by atoms with Crippen molar-refractivity contribution >= 4 is 0 Å². The smallest absolute Gasteiger partial charge is 0.0730 e. The topological polar surface area (TPSA) is 50.9 Å². The molecule has 86 valence electrons. The molecule has 0 fully saturated rings. The molecule has 1 atom stereocenters. The maximum Gasteiger partial charge on any atom is 0.0730 e. The summed E-state index contributed by atoms with van der Waals surface area (Å²) in [6.45, 7) is 9.05. The van der Waals surface area contributed by atoms with Crippen LogP contribution in [0.5, 0.6) is 0 Å². The van der Waals surface area contributed by atoms with Crippen LogP contribution in [-0.2, 0) is 12.0 Å². The fourth-order valence-corrected chi connectivity index (χ4v) is 2.00. The van der Waals surface area contributed by atoms with Crippen LogP contribution in [0.3, 0.4) is 0 Å². The summed E-state index contributed by atoms with van der Waals surface area (Å²) < 4.78 is 1.93. The van der Waals surface area contributed by atoms with E-state index in [0.29, 0.717) is 0 Å². The molecule has 0 amide bonds. The molecule has 0 aliphatic rings. The van der Waals surface area contributed by atoms with E-state index in [1.807, 2.05) is 11.6 Å². The highest BCUT2D eigenvalue weighted by atomic mass is 16.3. The first-order valence-electron chi connectivity index (χ1n) is 5.54. The van der Waals surface area contributed by atoms with Crippen LogP contribution in [0.4, 0.5) is 0 Å². The van der Waals surface area contributed by atoms with E-state index in [4.69, 9.17) is 0 Å². The molecule has 0 bridgehead atoms. The monoisotopic (exact) mass is 211 g/mol. The minimum atomic E-state index is -0.301. The summed E-state index contributed by atoms with van der Waals surface area (Å²) in [4.78, 5) is 0. The second-order valence-corrected chi connectivity index (χ2v) is 4.78. The molecule has 0 saturated heterocycles. The van der Waals surface area contributed by atoms with Crippen molar-refractivity contribution in [1.82, 2.24) is 15.0 Å². The number of hydrogen-bond donors (Lipinski definition) is 1. The van der Waals surface area contributed by atoms with Gasteiger partial charge in [0.25, 0.3) is 0 Å². The van der Waals surface area contributed by atoms with Gasteiger partial charge < -0.3 is 5.11 Å². The van der Waals surface area contributed by atoms with E-state index in [2.05, 4.69) is 31.1 Å². The zero-order chi connectivity index (χ0) is 11.5. The van der Waals surface area contributed by atoms with Crippen LogP contribution in [0.25, 0.3) is 0 Å². The summed E-state index contributed by atoms with van der Waals surface area (Å²) in [6.07, 6.45) is 3.27. The van der Waals surface area contributed by atoms with Crippen LogP contribution in [0, 0.1) is 0 Å². The number of aliphatic hydroxyl groups is 1. The SMILES string of the molecule is CCCn1nncc1C(C)(C)CC(C)O. The molecule has 15 heavy (non-hydrogen) atoms. The van der Waals surface area contributed by atoms with E-state index in [1.54, 1.807) is 6.20 Å². The lowest BCUT2D eigenvalue weighted by Gasteiger charge is -2.26. The lowest BCUT2D eigenvalue weighted by atomic mass is 9.84. The predicted molar refractivity (Wildman–Crippen MR) is 59.6 cm³/mol. The lowest BCUT2D eigenvalue weighted by molar-refractivity contribution is 0.154. The average Bonchev–Trinajstić information content (AvgIpc) is 2.51. The third-order valence-electron chi connectivity index (χ3n) is 2.55. The van der Waals surface area contributed by atoms with Crippen molar-refractivity contribution in [1.29, 1.82) is 0 Å². The highest BCUT2D eigenvalue weighted by Crippen LogP contribution is 2.27. The number of aliphatic hydroxyl groups excluding tert-OH is 1. The molecule has 4 heteroatoms. The molecular weight excluding hydrogens is 190 g/mol. The molecule has 0 radical (unpaired) electrons. The molecule has 1 heterocycles. The Morgan fingerprint density at radius 3 is 2.73 bits per heavy atom. The van der Waals surface area contributed by atoms with Gasteiger partial charge in [-0.05, 0) is 19.8 Å². The quantitative estimate of drug-likeness (QED) is 0.807. The van der Waals surface area contributed by atoms with Gasteiger partial charge in [0.1, 0.15) is 0 Å². The Morgan fingerprint density at radius 2 is 2.20 bits per heavy atom. The molecular formula is C11H21N3O. The van der Waals surface area contributed by atoms with Crippen molar-refractivity contribution in [3.05, 3.63) is 11.9 Å². The third kappa shape index (κ3) is 3.02. The molecule has 1 unspecified atom stereocenters. The van der Waals surface area contributed by atoms with E-state index in [9.17, 15) is 5.11 Å². The maximum absolute atomic E-state index is 9.46. The Bertz CT molecular complexity index is 305. The summed E-state index contributed by atoms with van der Waals surface area (Å²) in [5, 5.41) is 17.5. The summed E-state index contributed by atoms with van der Waals surface area (Å²) >= 11 is 0. The molecule has 0 aliphatic heterocycles. The van der Waals surface area contributed by atoms with Gasteiger partial charge in [0.2, 0.25) is 0 Å². The second kappa shape index (κ2) is 4.75. The zero-order valence-corrected chi connectivity index (χ0v) is 10.1. The van der Waals surface area contributed by atoms with E-state index >= 15 is 0 Å². The molecule has 1 N–H and O–H groups in total. The van der Waals surface area contributed by atoms with Crippen molar-refractivity contribution in [3.8, 4) is 0 Å². The fourth-order valence-electron chi connectivity index (χ4n) is 2.00. The zero-order valence-electron chi connectivity index (χ0n) is 10.1. The van der Waals surface area contributed by atoms with Gasteiger partial charge in [-0.3, -0.25) is 0 Å². The number of aryl methyl sites for hydroxylation is 1. The summed E-state index contributed by atoms with van der Waals surface area (Å²) in [7, 11) is 0. The lowest BCUT2D eigenvalue weighted by Crippen LogP contribution is -2.26. The van der Waals surface area contributed by atoms with E-state index in [1.165, 1.54) is 0 Å². The van der Waals surface area contributed by atoms with Crippen LogP contribution in [0.2, 0.25) is 0 Å². The van der Waals surface area contributed by atoms with Gasteiger partial charge in [0.05, 0.1) is 18.0 Å². The van der Waals surface area contributed by atoms with Crippen molar-refractivity contribution in [2.24, 2.45) is 0 Å². The maximum atomic E-state index is 9.46. The number of hydrogen-bond acceptors (Lipinski definition) is 3. The van der Waals surface area contributed by atoms with Crippen LogP contribution >= 0.6 is 0 Å². The molecule has 1 aromatic heterocycles. The minimum Gasteiger partial charge on any atom is -0.393 e. The standard InChI is InChI=1S/C11H21N3O/c1-5-6-14-10(8-12-13-14)11(3,4)7-9(2)15/h8-9,15H,5-7H2,1-4H3. The van der Waals surface area contributed by atoms with Crippen molar-refractivity contribution in [2.45, 2.75) is 58.6 Å². The van der Waals surface area contributed by atoms with Crippen molar-refractivity contribution in [3.63, 3.8) is 0 Å². The summed E-state index contributed by atoms with van der Waals surface area (Å²) in [5.74, 6) is 0. The summed E-state index contributed by atoms with van der Waals surface area (Å²) in [5.41, 5.74) is 1.03. The fraction of sp³-hybridized carbons (Fsp3) is 0.818. The molecule has 1 rings (SSSR count). The number of nitrogens with zero attached hydrogens (tertiary/aromatic N) is 3. The molecule has 0 saturated carbocycles. The molecule has 0 aliphatic carbocycles. The van der Waals surface area contributed by atoms with Gasteiger partial charge in [-0.1, -0.05) is 26.0 Å². The third-order valence-corrected chi connectivity index (χ3v) is 2.55. The van der Waals surface area contributed by atoms with Crippen LogP contribution < -0.4 is 0 Å². The minimum absolute atomic E-state index is 0.0766. The Kier molecular flexibility index (Phi) is 3.85. The highest BCUT2D eigenvalue weighted by Gasteiger charge is 2.26. The van der Waals surface area contributed by atoms with Gasteiger partial charge in [-0.25, -0.2) is 4.68 Å². The number of aromatic nitrogens is 3. The Hall–Kier alpha value is -0.900. The van der Waals surface area contributed by atoms with Crippen molar-refractivity contribution < 1.29 is 5.11 Å². The summed E-state index contributed by atoms with van der Waals surface area (Å²) in [6, 6.07) is 0. The first kappa shape index (κ1) is 12.2. The van der Waals surface area contributed by atoms with Crippen LogP contribution in [0.15, 0.2) is 6.20 Å². The predicted octanol–water partition coefficient (Wildman–Crippen LogP) is 1.74. The van der Waals surface area contributed by atoms with Gasteiger partial charge in [0.15, 0.2) is 0 Å². The Balaban J connectivity index is 2.88. The average molecular weight is 211 g/mol. The molecule has 0 spiro atoms. The normalized spacial score (nSPS) is 14.2. The number of rotatable bonds is 5. The first-order chi connectivity index (χ1) is 6.97. The van der Waals surface area contributed by atoms with Crippen LogP contribution in [-0.4, -0.2) is 26.2 Å². The van der Waals surface area contributed by atoms with Gasteiger partial charge >= 0.3 is 0 Å². The van der Waals surface area contributed by atoms with Gasteiger partial charge in [0, 0.05) is 12.0 Å². The van der Waals surface area contributed by atoms with Gasteiger partial charge in [-0.2, -0.15) is 0 Å². The van der Waals surface area contributed by atoms with E-state index < -0.39 is 0 Å². The molecule has 4 nitrogen and oxygen atoms in total. The van der Waals surface area contributed by atoms with E-state index in [-0.39, 0.29) is 11.5 Å². The van der Waals surface area contributed by atoms with Crippen LogP contribution in [0.1, 0.15) is 46.2 Å². The molecule has 0 aromatic carbocycles.